The number of benzene rings is 2. The number of hydrogen-bond donors (Lipinski definition) is 2. The summed E-state index contributed by atoms with van der Waals surface area (Å²) in [4.78, 5) is 42.6. The number of piperidine rings is 1. The van der Waals surface area contributed by atoms with E-state index in [1.165, 1.54) is 5.56 Å². The van der Waals surface area contributed by atoms with Gasteiger partial charge in [0.25, 0.3) is 11.8 Å². The third-order valence-electron chi connectivity index (χ3n) is 7.19. The molecule has 2 aromatic carbocycles. The van der Waals surface area contributed by atoms with E-state index in [1.54, 1.807) is 6.92 Å². The van der Waals surface area contributed by atoms with Gasteiger partial charge >= 0.3 is 6.03 Å². The Morgan fingerprint density at radius 3 is 2.28 bits per heavy atom. The Kier molecular flexibility index (Phi) is 8.38. The van der Waals surface area contributed by atoms with Crippen LogP contribution in [-0.2, 0) is 22.6 Å². The lowest BCUT2D eigenvalue weighted by Gasteiger charge is -2.33. The molecule has 8 heteroatoms. The Morgan fingerprint density at radius 2 is 1.64 bits per heavy atom. The van der Waals surface area contributed by atoms with Crippen molar-refractivity contribution in [2.24, 2.45) is 5.92 Å². The number of carbonyl (C=O) groups excluding carboxylic acids is 3. The summed E-state index contributed by atoms with van der Waals surface area (Å²) in [6, 6.07) is 19.7. The fourth-order valence-electron chi connectivity index (χ4n) is 5.09. The zero-order chi connectivity index (χ0) is 25.5. The SMILES string of the molecule is CN(Cc1ccccc1)CC1CCN(CC(=O)NN2C(=O)NC(C)(CCc3ccccc3)C2=O)CC1. The van der Waals surface area contributed by atoms with Crippen LogP contribution in [0.1, 0.15) is 37.3 Å². The molecule has 1 atom stereocenters. The van der Waals surface area contributed by atoms with Gasteiger partial charge in [0, 0.05) is 13.1 Å². The van der Waals surface area contributed by atoms with Crippen molar-refractivity contribution >= 4 is 17.8 Å². The van der Waals surface area contributed by atoms with Crippen LogP contribution in [0.15, 0.2) is 60.7 Å². The normalized spacial score (nSPS) is 21.1. The van der Waals surface area contributed by atoms with E-state index in [4.69, 9.17) is 0 Å². The summed E-state index contributed by atoms with van der Waals surface area (Å²) in [6.45, 7) is 5.49. The van der Waals surface area contributed by atoms with Crippen LogP contribution < -0.4 is 10.7 Å². The van der Waals surface area contributed by atoms with Crippen molar-refractivity contribution in [3.05, 3.63) is 71.8 Å². The molecular weight excluding hydrogens is 454 g/mol. The molecule has 2 aromatic rings. The molecule has 2 aliphatic heterocycles. The van der Waals surface area contributed by atoms with Crippen LogP contribution in [0.4, 0.5) is 4.79 Å². The summed E-state index contributed by atoms with van der Waals surface area (Å²) < 4.78 is 0. The monoisotopic (exact) mass is 491 g/mol. The minimum absolute atomic E-state index is 0.171. The molecule has 2 fully saturated rings. The molecule has 0 aromatic heterocycles. The van der Waals surface area contributed by atoms with Gasteiger partial charge in [0.1, 0.15) is 5.54 Å². The van der Waals surface area contributed by atoms with Crippen molar-refractivity contribution < 1.29 is 14.4 Å². The molecule has 4 amide bonds. The number of nitrogens with zero attached hydrogens (tertiary/aromatic N) is 3. The number of amides is 4. The van der Waals surface area contributed by atoms with Gasteiger partial charge in [0.05, 0.1) is 6.54 Å². The number of aryl methyl sites for hydroxylation is 1. The van der Waals surface area contributed by atoms with Crippen LogP contribution in [0.5, 0.6) is 0 Å². The second-order valence-electron chi connectivity index (χ2n) is 10.3. The second-order valence-corrected chi connectivity index (χ2v) is 10.3. The second kappa shape index (κ2) is 11.7. The smallest absolute Gasteiger partial charge is 0.322 e. The van der Waals surface area contributed by atoms with Crippen LogP contribution >= 0.6 is 0 Å². The summed E-state index contributed by atoms with van der Waals surface area (Å²) in [5, 5.41) is 3.60. The lowest BCUT2D eigenvalue weighted by atomic mass is 9.93. The summed E-state index contributed by atoms with van der Waals surface area (Å²) in [7, 11) is 2.15. The van der Waals surface area contributed by atoms with Gasteiger partial charge in [0.2, 0.25) is 0 Å². The van der Waals surface area contributed by atoms with Gasteiger partial charge in [0.15, 0.2) is 0 Å². The molecule has 1 unspecified atom stereocenters. The van der Waals surface area contributed by atoms with Crippen molar-refractivity contribution in [3.8, 4) is 0 Å². The highest BCUT2D eigenvalue weighted by Gasteiger charge is 2.48. The zero-order valence-corrected chi connectivity index (χ0v) is 21.3. The number of carbonyl (C=O) groups is 3. The number of urea groups is 1. The Labute approximate surface area is 213 Å². The average Bonchev–Trinajstić information content (AvgIpc) is 3.08. The van der Waals surface area contributed by atoms with Gasteiger partial charge in [-0.3, -0.25) is 19.9 Å². The molecule has 2 aliphatic rings. The number of hydrazine groups is 1. The van der Waals surface area contributed by atoms with Crippen molar-refractivity contribution in [1.82, 2.24) is 25.6 Å². The zero-order valence-electron chi connectivity index (χ0n) is 21.3. The molecule has 2 saturated heterocycles. The largest absolute Gasteiger partial charge is 0.344 e. The molecule has 0 radical (unpaired) electrons. The van der Waals surface area contributed by atoms with Gasteiger partial charge in [-0.15, -0.1) is 0 Å². The van der Waals surface area contributed by atoms with E-state index in [2.05, 4.69) is 51.9 Å². The predicted octanol–water partition coefficient (Wildman–Crippen LogP) is 2.80. The van der Waals surface area contributed by atoms with Crippen molar-refractivity contribution in [1.29, 1.82) is 0 Å². The number of rotatable bonds is 10. The van der Waals surface area contributed by atoms with Crippen LogP contribution in [0, 0.1) is 5.92 Å². The van der Waals surface area contributed by atoms with E-state index in [-0.39, 0.29) is 12.5 Å². The quantitative estimate of drug-likeness (QED) is 0.500. The Hall–Kier alpha value is -3.23. The molecule has 0 spiro atoms. The maximum Gasteiger partial charge on any atom is 0.344 e. The minimum Gasteiger partial charge on any atom is -0.322 e. The lowest BCUT2D eigenvalue weighted by molar-refractivity contribution is -0.139. The first-order valence-corrected chi connectivity index (χ1v) is 12.8. The number of likely N-dealkylation sites (tertiary alicyclic amines) is 1. The summed E-state index contributed by atoms with van der Waals surface area (Å²) >= 11 is 0. The molecule has 2 N–H and O–H groups in total. The van der Waals surface area contributed by atoms with Crippen molar-refractivity contribution in [2.45, 2.75) is 44.7 Å². The lowest BCUT2D eigenvalue weighted by Crippen LogP contribution is -2.52. The van der Waals surface area contributed by atoms with E-state index in [0.717, 1.165) is 49.6 Å². The Bertz CT molecular complexity index is 1040. The fourth-order valence-corrected chi connectivity index (χ4v) is 5.09. The number of nitrogens with one attached hydrogen (secondary N) is 2. The van der Waals surface area contributed by atoms with E-state index in [9.17, 15) is 14.4 Å². The van der Waals surface area contributed by atoms with E-state index < -0.39 is 17.5 Å². The van der Waals surface area contributed by atoms with Crippen LogP contribution in [0.3, 0.4) is 0 Å². The maximum absolute atomic E-state index is 13.0. The molecule has 192 valence electrons. The first-order chi connectivity index (χ1) is 17.3. The van der Waals surface area contributed by atoms with E-state index in [1.807, 2.05) is 36.4 Å². The standard InChI is InChI=1S/C28H37N5O3/c1-28(16-13-22-9-5-3-6-10-22)26(35)33(27(36)29-28)30-25(34)21-32-17-14-24(15-18-32)20-31(2)19-23-11-7-4-8-12-23/h3-12,24H,13-21H2,1-2H3,(H,29,36)(H,30,34). The highest BCUT2D eigenvalue weighted by Crippen LogP contribution is 2.23. The van der Waals surface area contributed by atoms with Gasteiger partial charge in [-0.05, 0) is 69.8 Å². The van der Waals surface area contributed by atoms with Crippen LogP contribution in [0.2, 0.25) is 0 Å². The molecule has 4 rings (SSSR count). The predicted molar refractivity (Wildman–Crippen MR) is 139 cm³/mol. The molecule has 8 nitrogen and oxygen atoms in total. The molecule has 0 bridgehead atoms. The first-order valence-electron chi connectivity index (χ1n) is 12.8. The summed E-state index contributed by atoms with van der Waals surface area (Å²) in [5.41, 5.74) is 3.90. The van der Waals surface area contributed by atoms with E-state index in [0.29, 0.717) is 18.8 Å². The number of hydrogen-bond acceptors (Lipinski definition) is 5. The molecular formula is C28H37N5O3. The van der Waals surface area contributed by atoms with E-state index >= 15 is 0 Å². The fraction of sp³-hybridized carbons (Fsp3) is 0.464. The Morgan fingerprint density at radius 1 is 1.03 bits per heavy atom. The maximum atomic E-state index is 13.0. The number of imide groups is 1. The third-order valence-corrected chi connectivity index (χ3v) is 7.19. The van der Waals surface area contributed by atoms with Crippen molar-refractivity contribution in [2.75, 3.05) is 33.2 Å². The Balaban J connectivity index is 1.19. The molecule has 0 aliphatic carbocycles. The van der Waals surface area contributed by atoms with Crippen LogP contribution in [-0.4, -0.2) is 71.4 Å². The molecule has 0 saturated carbocycles. The highest BCUT2D eigenvalue weighted by atomic mass is 16.2. The van der Waals surface area contributed by atoms with Gasteiger partial charge < -0.3 is 10.2 Å². The highest BCUT2D eigenvalue weighted by molar-refractivity contribution is 6.07. The van der Waals surface area contributed by atoms with Crippen LogP contribution in [0.25, 0.3) is 0 Å². The minimum atomic E-state index is -1.04. The molecule has 36 heavy (non-hydrogen) atoms. The van der Waals surface area contributed by atoms with Gasteiger partial charge in [-0.25, -0.2) is 4.79 Å². The summed E-state index contributed by atoms with van der Waals surface area (Å²) in [5.74, 6) is -0.170. The average molecular weight is 492 g/mol. The first kappa shape index (κ1) is 25.9. The third kappa shape index (κ3) is 6.71. The topological polar surface area (TPSA) is 85.0 Å². The van der Waals surface area contributed by atoms with Gasteiger partial charge in [-0.2, -0.15) is 5.01 Å². The van der Waals surface area contributed by atoms with Gasteiger partial charge in [-0.1, -0.05) is 60.7 Å². The molecule has 2 heterocycles. The summed E-state index contributed by atoms with van der Waals surface area (Å²) in [6.07, 6.45) is 3.15. The van der Waals surface area contributed by atoms with Crippen molar-refractivity contribution in [3.63, 3.8) is 0 Å².